The van der Waals surface area contributed by atoms with Crippen molar-refractivity contribution in [1.29, 1.82) is 0 Å². The molecule has 0 bridgehead atoms. The van der Waals surface area contributed by atoms with Crippen LogP contribution in [0.5, 0.6) is 0 Å². The first-order valence-corrected chi connectivity index (χ1v) is 12.0. The molecule has 0 unspecified atom stereocenters. The van der Waals surface area contributed by atoms with E-state index in [4.69, 9.17) is 0 Å². The average molecular weight is 655 g/mol. The van der Waals surface area contributed by atoms with E-state index in [0.717, 1.165) is 0 Å². The largest absolute Gasteiger partial charge is 0.673 e. The Bertz CT molecular complexity index is 348. The monoisotopic (exact) mass is 656 g/mol. The third-order valence-corrected chi connectivity index (χ3v) is 7.68. The van der Waals surface area contributed by atoms with E-state index < -0.39 is 50.8 Å². The minimum Gasteiger partial charge on any atom is -0.418 e. The van der Waals surface area contributed by atoms with Gasteiger partial charge >= 0.3 is 96.7 Å². The van der Waals surface area contributed by atoms with Crippen molar-refractivity contribution in [1.82, 2.24) is 0 Å². The van der Waals surface area contributed by atoms with Crippen LogP contribution in [-0.2, 0) is 0 Å². The molecule has 0 aromatic rings. The van der Waals surface area contributed by atoms with Crippen molar-refractivity contribution in [2.24, 2.45) is 0 Å². The van der Waals surface area contributed by atoms with Crippen molar-refractivity contribution in [2.45, 2.75) is 20.8 Å². The van der Waals surface area contributed by atoms with E-state index >= 15 is 0 Å². The summed E-state index contributed by atoms with van der Waals surface area (Å²) < 4.78 is 234. The van der Waals surface area contributed by atoms with E-state index in [1.165, 1.54) is 18.5 Å². The zero-order valence-electron chi connectivity index (χ0n) is 19.2. The number of rotatable bonds is 3. The fourth-order valence-corrected chi connectivity index (χ4v) is 2.25. The van der Waals surface area contributed by atoms with Crippen molar-refractivity contribution in [3.05, 3.63) is 0 Å². The van der Waals surface area contributed by atoms with Crippen LogP contribution < -0.4 is 0 Å². The molecule has 0 aliphatic heterocycles. The van der Waals surface area contributed by atoms with Crippen LogP contribution >= 0.6 is 7.26 Å². The third-order valence-electron chi connectivity index (χ3n) is 2.56. The first-order chi connectivity index (χ1) is 15.7. The van der Waals surface area contributed by atoms with Gasteiger partial charge in [-0.05, 0) is 0 Å². The normalized spacial score (nSPS) is 12.4. The molecule has 0 rings (SSSR count). The molecular formula is C7H19B6F24P-6. The van der Waals surface area contributed by atoms with Crippen LogP contribution in [0.15, 0.2) is 0 Å². The van der Waals surface area contributed by atoms with Gasteiger partial charge in [-0.25, -0.2) is 0 Å². The van der Waals surface area contributed by atoms with E-state index in [1.807, 2.05) is 0 Å². The number of halogens is 24. The summed E-state index contributed by atoms with van der Waals surface area (Å²) in [7, 11) is -36.7. The van der Waals surface area contributed by atoms with E-state index in [0.29, 0.717) is 0 Å². The van der Waals surface area contributed by atoms with Crippen molar-refractivity contribution >= 4 is 50.8 Å². The summed E-state index contributed by atoms with van der Waals surface area (Å²) in [5, 5.41) is 0. The molecule has 0 atom stereocenters. The second kappa shape index (κ2) is 22.9. The SMILES string of the molecule is CC[PH](C)(CC)CC.F[B-](F)(F)F.F[B-](F)(F)F.F[B-](F)(F)F.F[B-](F)(F)F.F[B-](F)(F)F.F[B-](F)(F)F. The molecule has 0 aliphatic rings. The molecule has 0 saturated heterocycles. The first-order valence-electron chi connectivity index (χ1n) is 8.92. The Morgan fingerprint density at radius 3 is 0.342 bits per heavy atom. The van der Waals surface area contributed by atoms with Gasteiger partial charge in [0.2, 0.25) is 0 Å². The average Bonchev–Trinajstić information content (AvgIpc) is 2.44. The number of hydrogen-bond donors (Lipinski definition) is 0. The van der Waals surface area contributed by atoms with Crippen LogP contribution in [0.25, 0.3) is 0 Å². The minimum atomic E-state index is -6.00. The summed E-state index contributed by atoms with van der Waals surface area (Å²) in [6, 6.07) is 0. The van der Waals surface area contributed by atoms with Crippen LogP contribution in [0.3, 0.4) is 0 Å². The van der Waals surface area contributed by atoms with Gasteiger partial charge in [0.25, 0.3) is 0 Å². The van der Waals surface area contributed by atoms with Crippen molar-refractivity contribution in [2.75, 3.05) is 25.2 Å². The molecule has 0 heterocycles. The van der Waals surface area contributed by atoms with Gasteiger partial charge in [0, 0.05) is 0 Å². The van der Waals surface area contributed by atoms with Gasteiger partial charge < -0.3 is 104 Å². The number of hydrogen-bond acceptors (Lipinski definition) is 0. The molecule has 0 spiro atoms. The van der Waals surface area contributed by atoms with Crippen LogP contribution in [0.1, 0.15) is 20.8 Å². The summed E-state index contributed by atoms with van der Waals surface area (Å²) in [5.74, 6) is 0. The zero-order chi connectivity index (χ0) is 33.6. The summed E-state index contributed by atoms with van der Waals surface area (Å²) in [6.45, 7) is 9.49. The molecule has 0 nitrogen and oxygen atoms in total. The molecule has 0 amide bonds. The van der Waals surface area contributed by atoms with Gasteiger partial charge in [-0.2, -0.15) is 0 Å². The molecular weight excluding hydrogens is 636 g/mol. The smallest absolute Gasteiger partial charge is 0.418 e. The molecule has 0 N–H and O–H groups in total. The summed E-state index contributed by atoms with van der Waals surface area (Å²) in [6.07, 6.45) is 4.38. The van der Waals surface area contributed by atoms with Gasteiger partial charge in [0.1, 0.15) is 0 Å². The fraction of sp³-hybridized carbons (Fsp3) is 1.00. The molecule has 0 aromatic heterocycles. The second-order valence-corrected chi connectivity index (χ2v) is 11.6. The van der Waals surface area contributed by atoms with E-state index in [1.54, 1.807) is 0 Å². The molecule has 0 radical (unpaired) electrons. The maximum absolute atomic E-state index is 9.75. The maximum atomic E-state index is 9.75. The van der Waals surface area contributed by atoms with Crippen LogP contribution in [0.4, 0.5) is 104 Å². The molecule has 0 aliphatic carbocycles. The minimum absolute atomic E-state index is 0.671. The van der Waals surface area contributed by atoms with Crippen LogP contribution in [0.2, 0.25) is 0 Å². The maximum Gasteiger partial charge on any atom is 0.673 e. The Morgan fingerprint density at radius 1 is 0.289 bits per heavy atom. The van der Waals surface area contributed by atoms with Gasteiger partial charge in [-0.1, -0.05) is 0 Å². The molecule has 31 heteroatoms. The Morgan fingerprint density at radius 2 is 0.342 bits per heavy atom. The van der Waals surface area contributed by atoms with Crippen molar-refractivity contribution < 1.29 is 104 Å². The van der Waals surface area contributed by atoms with Crippen LogP contribution in [-0.4, -0.2) is 68.7 Å². The van der Waals surface area contributed by atoms with Gasteiger partial charge in [-0.15, -0.1) is 0 Å². The topological polar surface area (TPSA) is 0 Å². The van der Waals surface area contributed by atoms with Crippen molar-refractivity contribution in [3.63, 3.8) is 0 Å². The Kier molecular flexibility index (Phi) is 32.2. The Labute approximate surface area is 201 Å². The van der Waals surface area contributed by atoms with Gasteiger partial charge in [-0.3, -0.25) is 0 Å². The molecule has 0 aromatic carbocycles. The Hall–Kier alpha value is -0.860. The zero-order valence-corrected chi connectivity index (χ0v) is 20.2. The molecule has 0 saturated carbocycles. The van der Waals surface area contributed by atoms with E-state index in [9.17, 15) is 104 Å². The third kappa shape index (κ3) is 618. The van der Waals surface area contributed by atoms with E-state index in [-0.39, 0.29) is 0 Å². The molecule has 0 fully saturated rings. The van der Waals surface area contributed by atoms with Gasteiger partial charge in [0.15, 0.2) is 0 Å². The predicted molar refractivity (Wildman–Crippen MR) is 107 cm³/mol. The molecule has 38 heavy (non-hydrogen) atoms. The van der Waals surface area contributed by atoms with E-state index in [2.05, 4.69) is 27.4 Å². The quantitative estimate of drug-likeness (QED) is 0.161. The first kappa shape index (κ1) is 53.4. The summed E-state index contributed by atoms with van der Waals surface area (Å²) in [4.78, 5) is 0. The van der Waals surface area contributed by atoms with Crippen LogP contribution in [0, 0.1) is 0 Å². The molecule has 244 valence electrons. The van der Waals surface area contributed by atoms with Gasteiger partial charge in [0.05, 0.1) is 0 Å². The Balaban J connectivity index is -0.0000000596. The fourth-order valence-electron chi connectivity index (χ4n) is 0.750. The van der Waals surface area contributed by atoms with Crippen molar-refractivity contribution in [3.8, 4) is 0 Å². The standard InChI is InChI=1S/C7H19P.6BF4/c1-5-8(4,6-2)7-3;6*2-1(3,4)5/h8H,5-7H2,1-4H3;;;;;;/q;6*-1. The predicted octanol–water partition coefficient (Wildman–Crippen LogP) is 10.2. The summed E-state index contributed by atoms with van der Waals surface area (Å²) in [5.41, 5.74) is 0. The second-order valence-electron chi connectivity index (χ2n) is 5.84. The summed E-state index contributed by atoms with van der Waals surface area (Å²) >= 11 is 0.